The van der Waals surface area contributed by atoms with Crippen molar-refractivity contribution in [2.45, 2.75) is 52.1 Å². The molecule has 0 spiro atoms. The molecule has 130 valence electrons. The Morgan fingerprint density at radius 2 is 1.74 bits per heavy atom. The molecule has 0 saturated carbocycles. The number of hydrogen-bond donors (Lipinski definition) is 0. The van der Waals surface area contributed by atoms with Crippen LogP contribution in [0.2, 0.25) is 0 Å². The molecule has 2 rings (SSSR count). The number of ether oxygens (including phenoxy) is 2. The van der Waals surface area contributed by atoms with Crippen LogP contribution in [0.3, 0.4) is 0 Å². The summed E-state index contributed by atoms with van der Waals surface area (Å²) >= 11 is 0. The van der Waals surface area contributed by atoms with Crippen molar-refractivity contribution < 1.29 is 14.3 Å². The summed E-state index contributed by atoms with van der Waals surface area (Å²) in [7, 11) is 0. The Bertz CT molecular complexity index is 468. The van der Waals surface area contributed by atoms with Gasteiger partial charge < -0.3 is 9.47 Å². The molecule has 2 unspecified atom stereocenters. The first kappa shape index (κ1) is 19.8. The maximum atomic E-state index is 12.0. The van der Waals surface area contributed by atoms with Crippen molar-refractivity contribution in [3.05, 3.63) is 29.8 Å². The van der Waals surface area contributed by atoms with E-state index in [2.05, 4.69) is 25.7 Å². The van der Waals surface area contributed by atoms with E-state index in [1.807, 2.05) is 12.1 Å². The predicted molar refractivity (Wildman–Crippen MR) is 94.6 cm³/mol. The first-order valence-electron chi connectivity index (χ1n) is 8.27. The van der Waals surface area contributed by atoms with Crippen molar-refractivity contribution in [1.29, 1.82) is 0 Å². The van der Waals surface area contributed by atoms with Gasteiger partial charge in [-0.1, -0.05) is 6.92 Å². The van der Waals surface area contributed by atoms with Gasteiger partial charge in [-0.25, -0.2) is 4.79 Å². The molecular weight excluding hydrogens is 314 g/mol. The minimum Gasteiger partial charge on any atom is -0.494 e. The van der Waals surface area contributed by atoms with E-state index in [0.717, 1.165) is 18.7 Å². The molecule has 1 heterocycles. The van der Waals surface area contributed by atoms with Crippen molar-refractivity contribution in [2.75, 3.05) is 19.8 Å². The normalized spacial score (nSPS) is 20.8. The molecule has 1 aliphatic heterocycles. The van der Waals surface area contributed by atoms with Crippen LogP contribution < -0.4 is 4.74 Å². The SMILES string of the molecule is CCCOc1ccc(C(=O)OCCN2C(C)CCC2C)cc1.Cl. The second-order valence-corrected chi connectivity index (χ2v) is 6.02. The minimum absolute atomic E-state index is 0. The molecule has 1 aromatic rings. The van der Waals surface area contributed by atoms with Crippen molar-refractivity contribution >= 4 is 18.4 Å². The largest absolute Gasteiger partial charge is 0.494 e. The van der Waals surface area contributed by atoms with Gasteiger partial charge >= 0.3 is 5.97 Å². The van der Waals surface area contributed by atoms with Crippen molar-refractivity contribution in [3.63, 3.8) is 0 Å². The number of carbonyl (C=O) groups excluding carboxylic acids is 1. The van der Waals surface area contributed by atoms with Gasteiger partial charge in [-0.05, 0) is 57.4 Å². The molecule has 0 radical (unpaired) electrons. The molecule has 0 bridgehead atoms. The molecular formula is C18H28ClNO3. The van der Waals surface area contributed by atoms with Crippen LogP contribution in [0.15, 0.2) is 24.3 Å². The van der Waals surface area contributed by atoms with Crippen LogP contribution in [0.5, 0.6) is 5.75 Å². The Morgan fingerprint density at radius 3 is 2.30 bits per heavy atom. The number of nitrogens with zero attached hydrogens (tertiary/aromatic N) is 1. The van der Waals surface area contributed by atoms with Gasteiger partial charge in [0, 0.05) is 18.6 Å². The van der Waals surface area contributed by atoms with Gasteiger partial charge in [-0.15, -0.1) is 12.4 Å². The van der Waals surface area contributed by atoms with E-state index >= 15 is 0 Å². The second kappa shape index (κ2) is 9.78. The maximum Gasteiger partial charge on any atom is 0.338 e. The standard InChI is InChI=1S/C18H27NO3.ClH/c1-4-12-21-17-9-7-16(8-10-17)18(20)22-13-11-19-14(2)5-6-15(19)3;/h7-10,14-15H,4-6,11-13H2,1-3H3;1H. The summed E-state index contributed by atoms with van der Waals surface area (Å²) in [5.74, 6) is 0.527. The zero-order chi connectivity index (χ0) is 15.9. The molecule has 4 nitrogen and oxygen atoms in total. The molecule has 0 aliphatic carbocycles. The van der Waals surface area contributed by atoms with Crippen LogP contribution in [-0.4, -0.2) is 42.7 Å². The van der Waals surface area contributed by atoms with Crippen LogP contribution >= 0.6 is 12.4 Å². The Kier molecular flexibility index (Phi) is 8.42. The summed E-state index contributed by atoms with van der Waals surface area (Å²) < 4.78 is 10.9. The highest BCUT2D eigenvalue weighted by molar-refractivity contribution is 5.89. The third-order valence-electron chi connectivity index (χ3n) is 4.28. The Hall–Kier alpha value is -1.26. The lowest BCUT2D eigenvalue weighted by Gasteiger charge is -2.25. The number of halogens is 1. The fraction of sp³-hybridized carbons (Fsp3) is 0.611. The number of likely N-dealkylation sites (tertiary alicyclic amines) is 1. The topological polar surface area (TPSA) is 38.8 Å². The molecule has 1 aliphatic rings. The van der Waals surface area contributed by atoms with Gasteiger partial charge in [0.15, 0.2) is 0 Å². The van der Waals surface area contributed by atoms with E-state index < -0.39 is 0 Å². The fourth-order valence-electron chi connectivity index (χ4n) is 2.92. The highest BCUT2D eigenvalue weighted by Gasteiger charge is 2.26. The fourth-order valence-corrected chi connectivity index (χ4v) is 2.92. The number of esters is 1. The van der Waals surface area contributed by atoms with E-state index in [9.17, 15) is 4.79 Å². The van der Waals surface area contributed by atoms with E-state index in [4.69, 9.17) is 9.47 Å². The van der Waals surface area contributed by atoms with E-state index in [-0.39, 0.29) is 18.4 Å². The molecule has 1 saturated heterocycles. The summed E-state index contributed by atoms with van der Waals surface area (Å²) in [6, 6.07) is 8.32. The highest BCUT2D eigenvalue weighted by atomic mass is 35.5. The summed E-state index contributed by atoms with van der Waals surface area (Å²) in [6.07, 6.45) is 3.43. The quantitative estimate of drug-likeness (QED) is 0.704. The lowest BCUT2D eigenvalue weighted by molar-refractivity contribution is 0.0438. The molecule has 0 N–H and O–H groups in total. The number of benzene rings is 1. The highest BCUT2D eigenvalue weighted by Crippen LogP contribution is 2.22. The first-order valence-corrected chi connectivity index (χ1v) is 8.27. The van der Waals surface area contributed by atoms with Crippen LogP contribution in [0.1, 0.15) is 50.4 Å². The maximum absolute atomic E-state index is 12.0. The average molecular weight is 342 g/mol. The Labute approximate surface area is 145 Å². The van der Waals surface area contributed by atoms with Gasteiger partial charge in [0.25, 0.3) is 0 Å². The first-order chi connectivity index (χ1) is 10.6. The average Bonchev–Trinajstić information content (AvgIpc) is 2.85. The van der Waals surface area contributed by atoms with E-state index in [1.54, 1.807) is 12.1 Å². The molecule has 23 heavy (non-hydrogen) atoms. The lowest BCUT2D eigenvalue weighted by atomic mass is 10.2. The molecule has 1 aromatic carbocycles. The monoisotopic (exact) mass is 341 g/mol. The third kappa shape index (κ3) is 5.70. The van der Waals surface area contributed by atoms with Gasteiger partial charge in [-0.3, -0.25) is 4.90 Å². The van der Waals surface area contributed by atoms with Gasteiger partial charge in [0.05, 0.1) is 12.2 Å². The van der Waals surface area contributed by atoms with E-state index in [0.29, 0.717) is 30.9 Å². The van der Waals surface area contributed by atoms with Gasteiger partial charge in [-0.2, -0.15) is 0 Å². The van der Waals surface area contributed by atoms with E-state index in [1.165, 1.54) is 12.8 Å². The van der Waals surface area contributed by atoms with Gasteiger partial charge in [0.2, 0.25) is 0 Å². The molecule has 0 aromatic heterocycles. The minimum atomic E-state index is -0.262. The van der Waals surface area contributed by atoms with Crippen LogP contribution in [0.25, 0.3) is 0 Å². The summed E-state index contributed by atoms with van der Waals surface area (Å²) in [4.78, 5) is 14.4. The molecule has 0 amide bonds. The van der Waals surface area contributed by atoms with Gasteiger partial charge in [0.1, 0.15) is 12.4 Å². The Balaban J connectivity index is 0.00000264. The summed E-state index contributed by atoms with van der Waals surface area (Å²) in [6.45, 7) is 8.48. The van der Waals surface area contributed by atoms with Crippen molar-refractivity contribution in [2.24, 2.45) is 0 Å². The smallest absolute Gasteiger partial charge is 0.338 e. The summed E-state index contributed by atoms with van der Waals surface area (Å²) in [5, 5.41) is 0. The van der Waals surface area contributed by atoms with Crippen molar-refractivity contribution in [1.82, 2.24) is 4.90 Å². The molecule has 1 fully saturated rings. The zero-order valence-electron chi connectivity index (χ0n) is 14.3. The Morgan fingerprint density at radius 1 is 1.13 bits per heavy atom. The number of hydrogen-bond acceptors (Lipinski definition) is 4. The van der Waals surface area contributed by atoms with Crippen molar-refractivity contribution in [3.8, 4) is 5.75 Å². The number of rotatable bonds is 7. The number of carbonyl (C=O) groups is 1. The van der Waals surface area contributed by atoms with Crippen LogP contribution in [0.4, 0.5) is 0 Å². The summed E-state index contributed by atoms with van der Waals surface area (Å²) in [5.41, 5.74) is 0.575. The van der Waals surface area contributed by atoms with Crippen LogP contribution in [0, 0.1) is 0 Å². The molecule has 2 atom stereocenters. The second-order valence-electron chi connectivity index (χ2n) is 6.02. The lowest BCUT2D eigenvalue weighted by Crippen LogP contribution is -2.35. The van der Waals surface area contributed by atoms with Crippen LogP contribution in [-0.2, 0) is 4.74 Å². The molecule has 5 heteroatoms. The predicted octanol–water partition coefficient (Wildman–Crippen LogP) is 3.93. The third-order valence-corrected chi connectivity index (χ3v) is 4.28. The zero-order valence-corrected chi connectivity index (χ0v) is 15.1.